The average Bonchev–Trinajstić information content (AvgIpc) is 3.43. The predicted molar refractivity (Wildman–Crippen MR) is 112 cm³/mol. The number of anilines is 1. The lowest BCUT2D eigenvalue weighted by molar-refractivity contribution is -0.115. The number of thioether (sulfide) groups is 1. The number of rotatable bonds is 7. The summed E-state index contributed by atoms with van der Waals surface area (Å²) < 4.78 is 7.05. The molecule has 1 aromatic carbocycles. The molecule has 4 rings (SSSR count). The molecule has 142 valence electrons. The molecule has 0 unspecified atom stereocenters. The lowest BCUT2D eigenvalue weighted by atomic mass is 10.4. The van der Waals surface area contributed by atoms with E-state index >= 15 is 0 Å². The maximum absolute atomic E-state index is 12.4. The number of thiazole rings is 1. The van der Waals surface area contributed by atoms with Gasteiger partial charge >= 0.3 is 0 Å². The van der Waals surface area contributed by atoms with Crippen LogP contribution in [0, 0.1) is 6.92 Å². The summed E-state index contributed by atoms with van der Waals surface area (Å²) in [5, 5.41) is 10.0. The minimum atomic E-state index is -0.0487. The van der Waals surface area contributed by atoms with Gasteiger partial charge < -0.3 is 9.73 Å². The van der Waals surface area contributed by atoms with Crippen LogP contribution < -0.4 is 5.32 Å². The number of nitrogens with one attached hydrogen (secondary N) is 1. The Balaban J connectivity index is 1.42. The molecule has 0 aliphatic carbocycles. The minimum absolute atomic E-state index is 0.0487. The van der Waals surface area contributed by atoms with E-state index in [0.29, 0.717) is 28.9 Å². The average molecular weight is 411 g/mol. The van der Waals surface area contributed by atoms with Gasteiger partial charge in [0.15, 0.2) is 5.76 Å². The Morgan fingerprint density at radius 1 is 1.25 bits per heavy atom. The van der Waals surface area contributed by atoms with Crippen molar-refractivity contribution >= 4 is 34.8 Å². The van der Waals surface area contributed by atoms with Crippen molar-refractivity contribution in [1.29, 1.82) is 0 Å². The van der Waals surface area contributed by atoms with Gasteiger partial charge in [-0.25, -0.2) is 4.98 Å². The first-order chi connectivity index (χ1) is 13.7. The molecule has 0 aliphatic rings. The van der Waals surface area contributed by atoms with Gasteiger partial charge in [-0.05, 0) is 31.2 Å². The number of hydrogen-bond donors (Lipinski definition) is 1. The molecule has 0 saturated heterocycles. The van der Waals surface area contributed by atoms with Gasteiger partial charge in [-0.1, -0.05) is 18.2 Å². The van der Waals surface area contributed by atoms with E-state index in [9.17, 15) is 4.79 Å². The first-order valence-electron chi connectivity index (χ1n) is 8.73. The first-order valence-corrected chi connectivity index (χ1v) is 10.6. The summed E-state index contributed by atoms with van der Waals surface area (Å²) in [5.41, 5.74) is 1.55. The van der Waals surface area contributed by atoms with Crippen molar-refractivity contribution in [1.82, 2.24) is 14.8 Å². The minimum Gasteiger partial charge on any atom is -0.463 e. The maximum Gasteiger partial charge on any atom is 0.226 e. The van der Waals surface area contributed by atoms with Gasteiger partial charge in [0.2, 0.25) is 11.0 Å². The van der Waals surface area contributed by atoms with Crippen LogP contribution in [-0.2, 0) is 4.79 Å². The molecule has 0 atom stereocenters. The summed E-state index contributed by atoms with van der Waals surface area (Å²) in [6, 6.07) is 15.6. The lowest BCUT2D eigenvalue weighted by Crippen LogP contribution is -2.15. The number of aromatic nitrogens is 3. The number of carbonyl (C=O) groups is 1. The molecule has 0 radical (unpaired) electrons. The molecule has 4 aromatic rings. The zero-order chi connectivity index (χ0) is 19.3. The van der Waals surface area contributed by atoms with E-state index in [4.69, 9.17) is 4.42 Å². The van der Waals surface area contributed by atoms with Crippen molar-refractivity contribution < 1.29 is 9.21 Å². The van der Waals surface area contributed by atoms with Crippen LogP contribution >= 0.6 is 23.1 Å². The Bertz CT molecular complexity index is 1060. The highest BCUT2D eigenvalue weighted by Gasteiger charge is 2.15. The Kier molecular flexibility index (Phi) is 5.59. The van der Waals surface area contributed by atoms with Crippen molar-refractivity contribution in [2.45, 2.75) is 18.2 Å². The summed E-state index contributed by atoms with van der Waals surface area (Å²) in [4.78, 5) is 18.1. The number of hydrogen-bond acceptors (Lipinski definition) is 6. The van der Waals surface area contributed by atoms with Crippen LogP contribution in [0.2, 0.25) is 0 Å². The van der Waals surface area contributed by atoms with E-state index in [1.165, 1.54) is 11.3 Å². The Labute approximate surface area is 170 Å². The predicted octanol–water partition coefficient (Wildman–Crippen LogP) is 5.02. The molecule has 3 heterocycles. The highest BCUT2D eigenvalue weighted by atomic mass is 32.2. The van der Waals surface area contributed by atoms with Crippen LogP contribution in [0.25, 0.3) is 16.6 Å². The quantitative estimate of drug-likeness (QED) is 0.433. The van der Waals surface area contributed by atoms with E-state index < -0.39 is 0 Å². The summed E-state index contributed by atoms with van der Waals surface area (Å²) in [7, 11) is 0. The fourth-order valence-corrected chi connectivity index (χ4v) is 4.27. The first kappa shape index (κ1) is 18.5. The third kappa shape index (κ3) is 4.35. The molecule has 1 N–H and O–H groups in total. The standard InChI is InChI=1S/C20H18N4O2S2/c1-14-12-18(22-19(25)9-11-27-15-6-3-2-4-7-15)24(23-14)20-21-16(13-28-20)17-8-5-10-26-17/h2-8,10,12-13H,9,11H2,1H3,(H,22,25). The molecular formula is C20H18N4O2S2. The van der Waals surface area contributed by atoms with E-state index in [1.54, 1.807) is 22.7 Å². The molecule has 8 heteroatoms. The van der Waals surface area contributed by atoms with Crippen LogP contribution in [0.5, 0.6) is 0 Å². The summed E-state index contributed by atoms with van der Waals surface area (Å²) in [6.45, 7) is 1.89. The van der Waals surface area contributed by atoms with Crippen molar-refractivity contribution in [2.24, 2.45) is 0 Å². The highest BCUT2D eigenvalue weighted by molar-refractivity contribution is 7.99. The van der Waals surface area contributed by atoms with Gasteiger partial charge in [0.25, 0.3) is 0 Å². The number of amides is 1. The van der Waals surface area contributed by atoms with Gasteiger partial charge in [0, 0.05) is 28.5 Å². The molecule has 0 fully saturated rings. The van der Waals surface area contributed by atoms with Crippen LogP contribution in [0.15, 0.2) is 69.5 Å². The molecule has 0 aliphatic heterocycles. The number of benzene rings is 1. The van der Waals surface area contributed by atoms with Gasteiger partial charge in [0.05, 0.1) is 12.0 Å². The van der Waals surface area contributed by atoms with Gasteiger partial charge in [-0.3, -0.25) is 4.79 Å². The van der Waals surface area contributed by atoms with Crippen molar-refractivity contribution in [3.8, 4) is 16.6 Å². The zero-order valence-electron chi connectivity index (χ0n) is 15.2. The molecule has 6 nitrogen and oxygen atoms in total. The maximum atomic E-state index is 12.4. The fraction of sp³-hybridized carbons (Fsp3) is 0.150. The van der Waals surface area contributed by atoms with Crippen molar-refractivity contribution in [3.63, 3.8) is 0 Å². The molecule has 3 aromatic heterocycles. The monoisotopic (exact) mass is 410 g/mol. The van der Waals surface area contributed by atoms with Crippen molar-refractivity contribution in [2.75, 3.05) is 11.1 Å². The number of nitrogens with zero attached hydrogens (tertiary/aromatic N) is 3. The van der Waals surface area contributed by atoms with E-state index in [2.05, 4.69) is 15.4 Å². The van der Waals surface area contributed by atoms with Crippen LogP contribution in [0.3, 0.4) is 0 Å². The van der Waals surface area contributed by atoms with Crippen LogP contribution in [0.1, 0.15) is 12.1 Å². The summed E-state index contributed by atoms with van der Waals surface area (Å²) in [6.07, 6.45) is 2.03. The molecule has 0 spiro atoms. The second-order valence-electron chi connectivity index (χ2n) is 6.04. The second kappa shape index (κ2) is 8.45. The van der Waals surface area contributed by atoms with E-state index in [1.807, 2.05) is 60.8 Å². The second-order valence-corrected chi connectivity index (χ2v) is 8.04. The largest absolute Gasteiger partial charge is 0.463 e. The molecule has 28 heavy (non-hydrogen) atoms. The Hall–Kier alpha value is -2.84. The molecule has 0 saturated carbocycles. The molecule has 1 amide bonds. The third-order valence-corrected chi connectivity index (χ3v) is 5.72. The fourth-order valence-electron chi connectivity index (χ4n) is 2.62. The third-order valence-electron chi connectivity index (χ3n) is 3.89. The lowest BCUT2D eigenvalue weighted by Gasteiger charge is -2.06. The van der Waals surface area contributed by atoms with Crippen LogP contribution in [0.4, 0.5) is 5.82 Å². The Morgan fingerprint density at radius 2 is 2.11 bits per heavy atom. The topological polar surface area (TPSA) is 73.0 Å². The zero-order valence-corrected chi connectivity index (χ0v) is 16.8. The van der Waals surface area contributed by atoms with Gasteiger partial charge in [-0.2, -0.15) is 9.78 Å². The highest BCUT2D eigenvalue weighted by Crippen LogP contribution is 2.27. The molecular weight excluding hydrogens is 392 g/mol. The van der Waals surface area contributed by atoms with Gasteiger partial charge in [0.1, 0.15) is 11.5 Å². The summed E-state index contributed by atoms with van der Waals surface area (Å²) >= 11 is 3.11. The normalized spacial score (nSPS) is 10.9. The van der Waals surface area contributed by atoms with Gasteiger partial charge in [-0.15, -0.1) is 23.1 Å². The molecule has 0 bridgehead atoms. The number of furan rings is 1. The van der Waals surface area contributed by atoms with Crippen LogP contribution in [-0.4, -0.2) is 26.4 Å². The smallest absolute Gasteiger partial charge is 0.226 e. The van der Waals surface area contributed by atoms with E-state index in [0.717, 1.165) is 16.3 Å². The summed E-state index contributed by atoms with van der Waals surface area (Å²) in [5.74, 6) is 1.98. The Morgan fingerprint density at radius 3 is 2.89 bits per heavy atom. The van der Waals surface area contributed by atoms with E-state index in [-0.39, 0.29) is 5.91 Å². The number of carbonyl (C=O) groups excluding carboxylic acids is 1. The number of aryl methyl sites for hydroxylation is 1. The SMILES string of the molecule is Cc1cc(NC(=O)CCSc2ccccc2)n(-c2nc(-c3ccco3)cs2)n1. The van der Waals surface area contributed by atoms with Crippen molar-refractivity contribution in [3.05, 3.63) is 65.9 Å².